The number of aromatic amines is 1. The summed E-state index contributed by atoms with van der Waals surface area (Å²) in [6, 6.07) is 6.19. The van der Waals surface area contributed by atoms with Crippen molar-refractivity contribution in [2.45, 2.75) is 56.9 Å². The average Bonchev–Trinajstić information content (AvgIpc) is 3.60. The van der Waals surface area contributed by atoms with E-state index in [4.69, 9.17) is 4.42 Å². The lowest BCUT2D eigenvalue weighted by Crippen LogP contribution is -2.45. The van der Waals surface area contributed by atoms with Crippen molar-refractivity contribution in [1.82, 2.24) is 25.3 Å². The molecule has 30 heavy (non-hydrogen) atoms. The van der Waals surface area contributed by atoms with Crippen LogP contribution in [0, 0.1) is 5.41 Å². The number of likely N-dealkylation sites (tertiary alicyclic amines) is 1. The maximum atomic E-state index is 12.8. The summed E-state index contributed by atoms with van der Waals surface area (Å²) in [5, 5.41) is 19.9. The Morgan fingerprint density at radius 3 is 2.87 bits per heavy atom. The Bertz CT molecular complexity index is 1090. The predicted molar refractivity (Wildman–Crippen MR) is 111 cm³/mol. The Hall–Kier alpha value is -2.90. The van der Waals surface area contributed by atoms with E-state index in [2.05, 4.69) is 43.9 Å². The van der Waals surface area contributed by atoms with Gasteiger partial charge in [0, 0.05) is 24.4 Å². The molecular formula is C22H26N6O2. The molecule has 1 amide bonds. The van der Waals surface area contributed by atoms with Crippen molar-refractivity contribution in [1.29, 1.82) is 0 Å². The first-order valence-corrected chi connectivity index (χ1v) is 10.9. The molecule has 8 nitrogen and oxygen atoms in total. The molecule has 1 aliphatic heterocycles. The van der Waals surface area contributed by atoms with Gasteiger partial charge in [0.15, 0.2) is 0 Å². The lowest BCUT2D eigenvalue weighted by molar-refractivity contribution is -0.133. The molecule has 2 aromatic heterocycles. The zero-order valence-corrected chi connectivity index (χ0v) is 17.1. The molecule has 0 radical (unpaired) electrons. The van der Waals surface area contributed by atoms with Crippen molar-refractivity contribution < 1.29 is 9.21 Å². The van der Waals surface area contributed by atoms with E-state index in [9.17, 15) is 4.79 Å². The first kappa shape index (κ1) is 17.9. The van der Waals surface area contributed by atoms with E-state index in [1.165, 1.54) is 18.4 Å². The highest BCUT2D eigenvalue weighted by molar-refractivity contribution is 5.84. The van der Waals surface area contributed by atoms with Crippen molar-refractivity contribution in [3.63, 3.8) is 0 Å². The second-order valence-corrected chi connectivity index (χ2v) is 9.27. The molecule has 2 N–H and O–H groups in total. The number of nitrogens with zero attached hydrogens (tertiary/aromatic N) is 4. The van der Waals surface area contributed by atoms with E-state index < -0.39 is 0 Å². The second kappa shape index (κ2) is 6.55. The predicted octanol–water partition coefficient (Wildman–Crippen LogP) is 3.42. The number of H-pyrrole nitrogens is 1. The zero-order chi connectivity index (χ0) is 20.3. The summed E-state index contributed by atoms with van der Waals surface area (Å²) in [7, 11) is 0. The van der Waals surface area contributed by atoms with Gasteiger partial charge in [-0.15, -0.1) is 5.10 Å². The van der Waals surface area contributed by atoms with Crippen LogP contribution in [0.25, 0.3) is 10.9 Å². The number of para-hydroxylation sites is 1. The van der Waals surface area contributed by atoms with Crippen molar-refractivity contribution in [3.05, 3.63) is 35.9 Å². The minimum atomic E-state index is -0.375. The van der Waals surface area contributed by atoms with Crippen LogP contribution in [0.15, 0.2) is 28.8 Å². The minimum absolute atomic E-state index is 0.112. The summed E-state index contributed by atoms with van der Waals surface area (Å²) in [6.45, 7) is 3.60. The third-order valence-corrected chi connectivity index (χ3v) is 7.26. The van der Waals surface area contributed by atoms with Crippen LogP contribution in [0.2, 0.25) is 0 Å². The number of fused-ring (bicyclic) bond motifs is 1. The van der Waals surface area contributed by atoms with Crippen LogP contribution in [0.4, 0.5) is 6.01 Å². The third-order valence-electron chi connectivity index (χ3n) is 7.26. The van der Waals surface area contributed by atoms with Crippen molar-refractivity contribution in [3.8, 4) is 0 Å². The summed E-state index contributed by atoms with van der Waals surface area (Å²) in [6.07, 6.45) is 7.78. The van der Waals surface area contributed by atoms with E-state index >= 15 is 0 Å². The SMILES string of the molecule is C[C@@H](Nc1nnc([C@H]2C[C@@H]2c2cccc3cn[nH]c23)o1)C(=O)N1CCC2(CC1)CC2. The second-order valence-electron chi connectivity index (χ2n) is 9.27. The van der Waals surface area contributed by atoms with Crippen molar-refractivity contribution in [2.24, 2.45) is 5.41 Å². The van der Waals surface area contributed by atoms with Crippen LogP contribution in [0.3, 0.4) is 0 Å². The van der Waals surface area contributed by atoms with Crippen LogP contribution in [0.1, 0.15) is 62.3 Å². The van der Waals surface area contributed by atoms with Gasteiger partial charge in [-0.25, -0.2) is 0 Å². The van der Waals surface area contributed by atoms with Gasteiger partial charge in [-0.1, -0.05) is 23.3 Å². The molecular weight excluding hydrogens is 380 g/mol. The molecule has 3 aromatic rings. The quantitative estimate of drug-likeness (QED) is 0.673. The summed E-state index contributed by atoms with van der Waals surface area (Å²) in [5.41, 5.74) is 2.89. The molecule has 3 atom stereocenters. The van der Waals surface area contributed by atoms with Gasteiger partial charge in [0.05, 0.1) is 11.7 Å². The smallest absolute Gasteiger partial charge is 0.316 e. The van der Waals surface area contributed by atoms with Crippen LogP contribution in [0.5, 0.6) is 0 Å². The number of nitrogens with one attached hydrogen (secondary N) is 2. The fourth-order valence-corrected chi connectivity index (χ4v) is 4.95. The van der Waals surface area contributed by atoms with E-state index in [1.54, 1.807) is 0 Å². The summed E-state index contributed by atoms with van der Waals surface area (Å²) in [5.74, 6) is 1.31. The normalized spacial score (nSPS) is 25.4. The molecule has 3 aliphatic rings. The maximum Gasteiger partial charge on any atom is 0.316 e. The molecule has 1 aromatic carbocycles. The van der Waals surface area contributed by atoms with E-state index in [-0.39, 0.29) is 17.9 Å². The van der Waals surface area contributed by atoms with Gasteiger partial charge in [0.1, 0.15) is 6.04 Å². The van der Waals surface area contributed by atoms with Gasteiger partial charge in [-0.3, -0.25) is 9.89 Å². The fourth-order valence-electron chi connectivity index (χ4n) is 4.95. The maximum absolute atomic E-state index is 12.8. The van der Waals surface area contributed by atoms with Crippen LogP contribution >= 0.6 is 0 Å². The lowest BCUT2D eigenvalue weighted by Gasteiger charge is -2.33. The zero-order valence-electron chi connectivity index (χ0n) is 17.1. The van der Waals surface area contributed by atoms with Gasteiger partial charge < -0.3 is 14.6 Å². The molecule has 8 heteroatoms. The molecule has 1 saturated heterocycles. The first-order valence-electron chi connectivity index (χ1n) is 10.9. The highest BCUT2D eigenvalue weighted by atomic mass is 16.4. The number of hydrogen-bond donors (Lipinski definition) is 2. The lowest BCUT2D eigenvalue weighted by atomic mass is 9.93. The molecule has 3 fully saturated rings. The fraction of sp³-hybridized carbons (Fsp3) is 0.545. The van der Waals surface area contributed by atoms with E-state index in [0.717, 1.165) is 43.3 Å². The van der Waals surface area contributed by atoms with Crippen molar-refractivity contribution >= 4 is 22.8 Å². The van der Waals surface area contributed by atoms with Gasteiger partial charge in [-0.05, 0) is 55.9 Å². The highest BCUT2D eigenvalue weighted by Gasteiger charge is 2.46. The van der Waals surface area contributed by atoms with Crippen LogP contribution in [-0.4, -0.2) is 50.3 Å². The minimum Gasteiger partial charge on any atom is -0.408 e. The standard InChI is InChI=1S/C22H26N6O2/c1-13(20(29)28-9-7-22(5-6-22)8-10-28)24-21-27-26-19(30-21)17-11-16(17)15-4-2-3-14-12-23-25-18(14)15/h2-4,12-13,16-17H,5-11H2,1H3,(H,23,25)(H,24,27)/t13-,16-,17+/m1/s1. The largest absolute Gasteiger partial charge is 0.408 e. The molecule has 1 spiro atoms. The number of hydrogen-bond acceptors (Lipinski definition) is 6. The third kappa shape index (κ3) is 3.05. The number of anilines is 1. The number of aromatic nitrogens is 4. The number of piperidine rings is 1. The summed E-state index contributed by atoms with van der Waals surface area (Å²) in [4.78, 5) is 14.8. The number of carbonyl (C=O) groups excluding carboxylic acids is 1. The first-order chi connectivity index (χ1) is 14.6. The Morgan fingerprint density at radius 1 is 1.23 bits per heavy atom. The molecule has 156 valence electrons. The van der Waals surface area contributed by atoms with Gasteiger partial charge in [0.25, 0.3) is 0 Å². The molecule has 0 unspecified atom stereocenters. The van der Waals surface area contributed by atoms with E-state index in [1.807, 2.05) is 18.0 Å². The summed E-state index contributed by atoms with van der Waals surface area (Å²) >= 11 is 0. The molecule has 6 rings (SSSR count). The monoisotopic (exact) mass is 406 g/mol. The number of carbonyl (C=O) groups is 1. The summed E-state index contributed by atoms with van der Waals surface area (Å²) < 4.78 is 5.87. The van der Waals surface area contributed by atoms with Gasteiger partial charge in [0.2, 0.25) is 11.8 Å². The Kier molecular flexibility index (Phi) is 3.91. The molecule has 3 heterocycles. The topological polar surface area (TPSA) is 99.9 Å². The number of rotatable bonds is 5. The Morgan fingerprint density at radius 2 is 2.07 bits per heavy atom. The Labute approximate surface area is 174 Å². The van der Waals surface area contributed by atoms with Gasteiger partial charge >= 0.3 is 6.01 Å². The van der Waals surface area contributed by atoms with Gasteiger partial charge in [-0.2, -0.15) is 5.10 Å². The average molecular weight is 406 g/mol. The highest BCUT2D eigenvalue weighted by Crippen LogP contribution is 2.55. The molecule has 0 bridgehead atoms. The van der Waals surface area contributed by atoms with Crippen LogP contribution < -0.4 is 5.32 Å². The van der Waals surface area contributed by atoms with E-state index in [0.29, 0.717) is 23.2 Å². The van der Waals surface area contributed by atoms with Crippen molar-refractivity contribution in [2.75, 3.05) is 18.4 Å². The molecule has 2 aliphatic carbocycles. The molecule has 2 saturated carbocycles. The number of amides is 1. The Balaban J connectivity index is 1.09. The number of benzene rings is 1. The van der Waals surface area contributed by atoms with Crippen LogP contribution in [-0.2, 0) is 4.79 Å².